The van der Waals surface area contributed by atoms with Gasteiger partial charge in [0.1, 0.15) is 0 Å². The molecule has 0 radical (unpaired) electrons. The van der Waals surface area contributed by atoms with E-state index in [9.17, 15) is 0 Å². The first-order valence-corrected chi connectivity index (χ1v) is 5.68. The summed E-state index contributed by atoms with van der Waals surface area (Å²) in [7, 11) is 0. The van der Waals surface area contributed by atoms with Crippen molar-refractivity contribution in [1.82, 2.24) is 4.57 Å². The van der Waals surface area contributed by atoms with E-state index < -0.39 is 0 Å². The Hall–Kier alpha value is -1.28. The van der Waals surface area contributed by atoms with Crippen molar-refractivity contribution in [1.29, 1.82) is 0 Å². The Morgan fingerprint density at radius 3 is 2.80 bits per heavy atom. The van der Waals surface area contributed by atoms with Gasteiger partial charge in [0.2, 0.25) is 0 Å². The lowest BCUT2D eigenvalue weighted by atomic mass is 9.93. The van der Waals surface area contributed by atoms with Gasteiger partial charge in [0.15, 0.2) is 0 Å². The van der Waals surface area contributed by atoms with E-state index in [1.54, 1.807) is 0 Å². The number of hydrogen-bond donors (Lipinski definition) is 1. The lowest BCUT2D eigenvalue weighted by Crippen LogP contribution is -2.15. The second kappa shape index (κ2) is 3.38. The number of hydrogen-bond acceptors (Lipinski definition) is 1. The van der Waals surface area contributed by atoms with Gasteiger partial charge < -0.3 is 10.3 Å². The second-order valence-electron chi connectivity index (χ2n) is 4.41. The highest BCUT2D eigenvalue weighted by Gasteiger charge is 2.20. The molecule has 1 heterocycles. The third-order valence-electron chi connectivity index (χ3n) is 3.49. The summed E-state index contributed by atoms with van der Waals surface area (Å²) in [6.07, 6.45) is 6.25. The predicted octanol–water partition coefficient (Wildman–Crippen LogP) is 2.83. The van der Waals surface area contributed by atoms with Crippen molar-refractivity contribution in [3.05, 3.63) is 36.0 Å². The fourth-order valence-electron chi connectivity index (χ4n) is 2.30. The highest BCUT2D eigenvalue weighted by atomic mass is 15.0. The van der Waals surface area contributed by atoms with Gasteiger partial charge in [-0.1, -0.05) is 12.1 Å². The number of fused-ring (bicyclic) bond motifs is 1. The van der Waals surface area contributed by atoms with E-state index >= 15 is 0 Å². The minimum absolute atomic E-state index is 0.631. The average Bonchev–Trinajstić information content (AvgIpc) is 2.59. The monoisotopic (exact) mass is 200 g/mol. The molecule has 1 aromatic heterocycles. The average molecular weight is 200 g/mol. The molecule has 0 unspecified atom stereocenters. The molecule has 1 aromatic carbocycles. The Balaban J connectivity index is 2.13. The van der Waals surface area contributed by atoms with Crippen molar-refractivity contribution in [2.24, 2.45) is 5.73 Å². The number of benzene rings is 1. The summed E-state index contributed by atoms with van der Waals surface area (Å²) < 4.78 is 2.41. The normalized spacial score (nSPS) is 16.9. The molecule has 0 amide bonds. The van der Waals surface area contributed by atoms with E-state index in [-0.39, 0.29) is 0 Å². The molecule has 2 N–H and O–H groups in total. The van der Waals surface area contributed by atoms with Gasteiger partial charge in [0.25, 0.3) is 0 Å². The quantitative estimate of drug-likeness (QED) is 0.794. The molecule has 0 atom stereocenters. The minimum Gasteiger partial charge on any atom is -0.344 e. The molecule has 0 bridgehead atoms. The van der Waals surface area contributed by atoms with Gasteiger partial charge in [-0.05, 0) is 42.3 Å². The highest BCUT2D eigenvalue weighted by Crippen LogP contribution is 2.34. The maximum atomic E-state index is 5.67. The maximum absolute atomic E-state index is 5.67. The lowest BCUT2D eigenvalue weighted by molar-refractivity contribution is 0.321. The molecule has 2 nitrogen and oxygen atoms in total. The van der Waals surface area contributed by atoms with Crippen LogP contribution in [0.5, 0.6) is 0 Å². The number of nitrogens with two attached hydrogens (primary N) is 1. The minimum atomic E-state index is 0.631. The van der Waals surface area contributed by atoms with Gasteiger partial charge in [-0.3, -0.25) is 0 Å². The molecule has 0 spiro atoms. The Bertz CT molecular complexity index is 480. The Kier molecular flexibility index (Phi) is 2.03. The van der Waals surface area contributed by atoms with Gasteiger partial charge in [-0.25, -0.2) is 0 Å². The molecule has 78 valence electrons. The van der Waals surface area contributed by atoms with Crippen molar-refractivity contribution in [3.63, 3.8) is 0 Å². The topological polar surface area (TPSA) is 30.9 Å². The first-order chi connectivity index (χ1) is 7.38. The largest absolute Gasteiger partial charge is 0.344 e. The molecule has 3 rings (SSSR count). The van der Waals surface area contributed by atoms with E-state index in [1.165, 1.54) is 35.7 Å². The number of rotatable bonds is 2. The summed E-state index contributed by atoms with van der Waals surface area (Å²) in [6, 6.07) is 9.46. The fourth-order valence-corrected chi connectivity index (χ4v) is 2.30. The zero-order valence-corrected chi connectivity index (χ0v) is 8.82. The zero-order valence-electron chi connectivity index (χ0n) is 8.82. The molecule has 15 heavy (non-hydrogen) atoms. The third kappa shape index (κ3) is 1.37. The van der Waals surface area contributed by atoms with Crippen LogP contribution in [-0.2, 0) is 6.54 Å². The fraction of sp³-hybridized carbons (Fsp3) is 0.385. The van der Waals surface area contributed by atoms with Crippen molar-refractivity contribution >= 4 is 10.9 Å². The zero-order chi connectivity index (χ0) is 10.3. The summed E-state index contributed by atoms with van der Waals surface area (Å²) in [5, 5.41) is 1.33. The van der Waals surface area contributed by atoms with Crippen LogP contribution >= 0.6 is 0 Å². The maximum Gasteiger partial charge on any atom is 0.0486 e. The van der Waals surface area contributed by atoms with Gasteiger partial charge in [0.05, 0.1) is 0 Å². The molecule has 2 aromatic rings. The second-order valence-corrected chi connectivity index (χ2v) is 4.41. The smallest absolute Gasteiger partial charge is 0.0486 e. The van der Waals surface area contributed by atoms with E-state index in [1.807, 2.05) is 0 Å². The van der Waals surface area contributed by atoms with Crippen LogP contribution in [0, 0.1) is 0 Å². The van der Waals surface area contributed by atoms with Crippen LogP contribution in [0.15, 0.2) is 30.5 Å². The molecular weight excluding hydrogens is 184 g/mol. The first-order valence-electron chi connectivity index (χ1n) is 5.68. The molecule has 0 saturated heterocycles. The van der Waals surface area contributed by atoms with Crippen molar-refractivity contribution < 1.29 is 0 Å². The molecule has 2 heteroatoms. The van der Waals surface area contributed by atoms with Gasteiger partial charge >= 0.3 is 0 Å². The molecule has 1 aliphatic carbocycles. The van der Waals surface area contributed by atoms with Crippen molar-refractivity contribution in [2.75, 3.05) is 0 Å². The van der Waals surface area contributed by atoms with Crippen LogP contribution in [0.4, 0.5) is 0 Å². The number of aromatic nitrogens is 1. The lowest BCUT2D eigenvalue weighted by Gasteiger charge is -2.28. The van der Waals surface area contributed by atoms with Crippen molar-refractivity contribution in [2.45, 2.75) is 31.8 Å². The molecule has 1 fully saturated rings. The van der Waals surface area contributed by atoms with Crippen LogP contribution in [0.25, 0.3) is 10.9 Å². The number of nitrogens with zero attached hydrogens (tertiary/aromatic N) is 1. The van der Waals surface area contributed by atoms with Gasteiger partial charge in [-0.2, -0.15) is 0 Å². The van der Waals surface area contributed by atoms with E-state index in [2.05, 4.69) is 35.0 Å². The molecule has 0 aliphatic heterocycles. The summed E-state index contributed by atoms with van der Waals surface area (Å²) >= 11 is 0. The standard InChI is InChI=1S/C13H16N2/c14-9-10-4-5-11-6-7-15(13(11)8-10)12-2-1-3-12/h4-8,12H,1-3,9,14H2. The predicted molar refractivity (Wildman–Crippen MR) is 62.7 cm³/mol. The third-order valence-corrected chi connectivity index (χ3v) is 3.49. The van der Waals surface area contributed by atoms with Gasteiger partial charge in [-0.15, -0.1) is 0 Å². The van der Waals surface area contributed by atoms with E-state index in [0.29, 0.717) is 6.54 Å². The van der Waals surface area contributed by atoms with Crippen LogP contribution in [0.1, 0.15) is 30.9 Å². The van der Waals surface area contributed by atoms with Crippen LogP contribution in [-0.4, -0.2) is 4.57 Å². The molecular formula is C13H16N2. The molecule has 1 aliphatic rings. The van der Waals surface area contributed by atoms with Crippen LogP contribution in [0.3, 0.4) is 0 Å². The van der Waals surface area contributed by atoms with E-state index in [4.69, 9.17) is 5.73 Å². The highest BCUT2D eigenvalue weighted by molar-refractivity contribution is 5.81. The summed E-state index contributed by atoms with van der Waals surface area (Å²) in [4.78, 5) is 0. The van der Waals surface area contributed by atoms with Crippen LogP contribution < -0.4 is 5.73 Å². The summed E-state index contributed by atoms with van der Waals surface area (Å²) in [6.45, 7) is 0.631. The Morgan fingerprint density at radius 2 is 2.13 bits per heavy atom. The SMILES string of the molecule is NCc1ccc2ccn(C3CCC3)c2c1. The van der Waals surface area contributed by atoms with Gasteiger partial charge in [0, 0.05) is 24.3 Å². The van der Waals surface area contributed by atoms with Crippen LogP contribution in [0.2, 0.25) is 0 Å². The Labute approximate surface area is 89.7 Å². The summed E-state index contributed by atoms with van der Waals surface area (Å²) in [5.74, 6) is 0. The van der Waals surface area contributed by atoms with Crippen molar-refractivity contribution in [3.8, 4) is 0 Å². The first kappa shape index (κ1) is 8.98. The molecule has 1 saturated carbocycles. The Morgan fingerprint density at radius 1 is 1.27 bits per heavy atom. The summed E-state index contributed by atoms with van der Waals surface area (Å²) in [5.41, 5.74) is 8.25. The van der Waals surface area contributed by atoms with E-state index in [0.717, 1.165) is 6.04 Å².